The Bertz CT molecular complexity index is 1730. The number of fused-ring (bicyclic) bond motifs is 8. The molecule has 40 heavy (non-hydrogen) atoms. The maximum Gasteiger partial charge on any atom is 0.422 e. The third kappa shape index (κ3) is 6.06. The molecule has 3 aromatic rings. The molecule has 0 saturated heterocycles. The van der Waals surface area contributed by atoms with Crippen molar-refractivity contribution < 1.29 is 45.4 Å². The van der Waals surface area contributed by atoms with Gasteiger partial charge >= 0.3 is 24.3 Å². The van der Waals surface area contributed by atoms with Crippen molar-refractivity contribution in [3.63, 3.8) is 0 Å². The number of rotatable bonds is 4. The molecule has 2 N–H and O–H groups in total. The van der Waals surface area contributed by atoms with Crippen LogP contribution >= 0.6 is 0 Å². The van der Waals surface area contributed by atoms with Crippen LogP contribution in [0.2, 0.25) is 0 Å². The van der Waals surface area contributed by atoms with Crippen molar-refractivity contribution in [2.24, 2.45) is 0 Å². The zero-order valence-electron chi connectivity index (χ0n) is 20.0. The molecule has 0 radical (unpaired) electrons. The van der Waals surface area contributed by atoms with Gasteiger partial charge in [-0.05, 0) is 60.7 Å². The van der Waals surface area contributed by atoms with Crippen LogP contribution in [-0.4, -0.2) is 57.4 Å². The summed E-state index contributed by atoms with van der Waals surface area (Å²) >= 11 is 0. The van der Waals surface area contributed by atoms with Crippen molar-refractivity contribution >= 4 is 58.3 Å². The van der Waals surface area contributed by atoms with Gasteiger partial charge in [0.1, 0.15) is 11.1 Å². The molecule has 14 heteroatoms. The van der Waals surface area contributed by atoms with Crippen LogP contribution in [0.25, 0.3) is 46.4 Å². The lowest BCUT2D eigenvalue weighted by atomic mass is 10.1. The number of halogens is 6. The summed E-state index contributed by atoms with van der Waals surface area (Å²) in [4.78, 5) is 40.2. The number of nitrogens with one attached hydrogen (secondary N) is 2. The van der Waals surface area contributed by atoms with E-state index in [9.17, 15) is 35.9 Å². The van der Waals surface area contributed by atoms with Crippen molar-refractivity contribution in [1.82, 2.24) is 19.9 Å². The zero-order valence-corrected chi connectivity index (χ0v) is 20.0. The molecule has 0 saturated carbocycles. The van der Waals surface area contributed by atoms with Crippen LogP contribution in [0, 0.1) is 0 Å². The van der Waals surface area contributed by atoms with E-state index in [1.807, 2.05) is 0 Å². The predicted molar refractivity (Wildman–Crippen MR) is 132 cm³/mol. The number of hydrogen-bond donors (Lipinski definition) is 2. The topological polar surface area (TPSA) is 110 Å². The lowest BCUT2D eigenvalue weighted by molar-refractivity contribution is -0.161. The van der Waals surface area contributed by atoms with Gasteiger partial charge in [0, 0.05) is 16.6 Å². The number of hydrogen-bond acceptors (Lipinski definition) is 6. The van der Waals surface area contributed by atoms with E-state index in [1.165, 1.54) is 30.4 Å². The molecule has 0 amide bonds. The first-order valence-electron chi connectivity index (χ1n) is 11.4. The van der Waals surface area contributed by atoms with E-state index in [1.54, 1.807) is 30.3 Å². The Balaban J connectivity index is 1.79. The molecule has 8 bridgehead atoms. The Morgan fingerprint density at radius 3 is 1.80 bits per heavy atom. The standard InChI is InChI=1S/C26H16F6N4O4/c27-25(28,29)11-39-23(37)21-17-5-3-15(34-17)9-13-1-2-14(33-13)10-16-4-6-18(35-16)22(20-8-7-19(21)36-20)24(38)40-12-26(30,31)32/h1-10,33-34H,11-12H2. The molecular formula is C26H16F6N4O4. The molecular weight excluding hydrogens is 546 g/mol. The summed E-state index contributed by atoms with van der Waals surface area (Å²) < 4.78 is 85.6. The molecule has 5 rings (SSSR count). The minimum Gasteiger partial charge on any atom is -0.452 e. The van der Waals surface area contributed by atoms with Crippen molar-refractivity contribution in [3.05, 3.63) is 70.3 Å². The second-order valence-corrected chi connectivity index (χ2v) is 8.59. The first-order chi connectivity index (χ1) is 18.8. The highest BCUT2D eigenvalue weighted by Crippen LogP contribution is 2.27. The van der Waals surface area contributed by atoms with Crippen LogP contribution in [0.4, 0.5) is 26.3 Å². The average Bonchev–Trinajstić information content (AvgIpc) is 3.66. The number of aromatic amines is 2. The quantitative estimate of drug-likeness (QED) is 0.203. The molecule has 206 valence electrons. The van der Waals surface area contributed by atoms with Gasteiger partial charge in [0.25, 0.3) is 0 Å². The SMILES string of the molecule is O=C(OCC(F)(F)F)c1c2nc(cc3ccc(cc4ccc([nH]4)c(C(=O)OCC(F)(F)F)c4nc1C=C4)[nH]3)C=C2. The summed E-state index contributed by atoms with van der Waals surface area (Å²) in [5, 5.41) is 0. The largest absolute Gasteiger partial charge is 0.452 e. The summed E-state index contributed by atoms with van der Waals surface area (Å²) in [6.45, 7) is -3.75. The zero-order chi connectivity index (χ0) is 28.7. The number of carbonyl (C=O) groups excluding carboxylic acids is 2. The molecule has 0 unspecified atom stereocenters. The van der Waals surface area contributed by atoms with Gasteiger partial charge in [-0.25, -0.2) is 19.6 Å². The van der Waals surface area contributed by atoms with Gasteiger partial charge in [0.15, 0.2) is 13.2 Å². The van der Waals surface area contributed by atoms with Crippen molar-refractivity contribution in [3.8, 4) is 0 Å². The van der Waals surface area contributed by atoms with E-state index in [-0.39, 0.29) is 22.6 Å². The Labute approximate surface area is 220 Å². The number of H-pyrrole nitrogens is 2. The third-order valence-corrected chi connectivity index (χ3v) is 5.54. The number of aromatic nitrogens is 4. The van der Waals surface area contributed by atoms with Crippen LogP contribution in [0.5, 0.6) is 0 Å². The highest BCUT2D eigenvalue weighted by molar-refractivity contribution is 6.03. The fourth-order valence-electron chi connectivity index (χ4n) is 3.94. The molecule has 0 fully saturated rings. The fraction of sp³-hybridized carbons (Fsp3) is 0.154. The third-order valence-electron chi connectivity index (χ3n) is 5.54. The van der Waals surface area contributed by atoms with Crippen molar-refractivity contribution in [1.29, 1.82) is 0 Å². The molecule has 3 aromatic heterocycles. The summed E-state index contributed by atoms with van der Waals surface area (Å²) in [7, 11) is 0. The van der Waals surface area contributed by atoms with Gasteiger partial charge < -0.3 is 19.4 Å². The number of nitrogens with zero attached hydrogens (tertiary/aromatic N) is 2. The number of carbonyl (C=O) groups is 2. The van der Waals surface area contributed by atoms with Crippen molar-refractivity contribution in [2.75, 3.05) is 13.2 Å². The molecule has 0 aromatic carbocycles. The molecule has 2 aliphatic rings. The Morgan fingerprint density at radius 2 is 1.15 bits per heavy atom. The lowest BCUT2D eigenvalue weighted by Crippen LogP contribution is -2.21. The number of esters is 2. The minimum absolute atomic E-state index is 0.0448. The Kier molecular flexibility index (Phi) is 6.69. The van der Waals surface area contributed by atoms with E-state index < -0.39 is 48.6 Å². The van der Waals surface area contributed by atoms with Gasteiger partial charge in [0.2, 0.25) is 0 Å². The molecule has 0 spiro atoms. The van der Waals surface area contributed by atoms with Gasteiger partial charge in [0.05, 0.1) is 28.3 Å². The molecule has 2 aliphatic heterocycles. The van der Waals surface area contributed by atoms with Crippen LogP contribution in [0.15, 0.2) is 36.4 Å². The van der Waals surface area contributed by atoms with Crippen molar-refractivity contribution in [2.45, 2.75) is 12.4 Å². The normalized spacial score (nSPS) is 12.9. The fourth-order valence-corrected chi connectivity index (χ4v) is 3.94. The van der Waals surface area contributed by atoms with Crippen LogP contribution in [-0.2, 0) is 9.47 Å². The molecule has 5 heterocycles. The smallest absolute Gasteiger partial charge is 0.422 e. The average molecular weight is 562 g/mol. The first kappa shape index (κ1) is 26.7. The van der Waals surface area contributed by atoms with E-state index in [4.69, 9.17) is 0 Å². The highest BCUT2D eigenvalue weighted by Gasteiger charge is 2.32. The van der Waals surface area contributed by atoms with Crippen LogP contribution < -0.4 is 0 Å². The first-order valence-corrected chi connectivity index (χ1v) is 11.4. The van der Waals surface area contributed by atoms with E-state index in [0.717, 1.165) is 0 Å². The minimum atomic E-state index is -4.81. The summed E-state index contributed by atoms with van der Waals surface area (Å²) in [5.74, 6) is -2.77. The Hall–Kier alpha value is -4.88. The molecule has 8 nitrogen and oxygen atoms in total. The van der Waals surface area contributed by atoms with Gasteiger partial charge in [-0.2, -0.15) is 26.3 Å². The Morgan fingerprint density at radius 1 is 0.650 bits per heavy atom. The second kappa shape index (κ2) is 10.0. The lowest BCUT2D eigenvalue weighted by Gasteiger charge is -2.09. The van der Waals surface area contributed by atoms with Gasteiger partial charge in [-0.1, -0.05) is 0 Å². The van der Waals surface area contributed by atoms with Crippen LogP contribution in [0.1, 0.15) is 43.5 Å². The van der Waals surface area contributed by atoms with Gasteiger partial charge in [-0.15, -0.1) is 0 Å². The maximum atomic E-state index is 12.8. The maximum absolute atomic E-state index is 12.8. The second-order valence-electron chi connectivity index (χ2n) is 8.59. The monoisotopic (exact) mass is 562 g/mol. The van der Waals surface area contributed by atoms with E-state index in [0.29, 0.717) is 22.2 Å². The predicted octanol–water partition coefficient (Wildman–Crippen LogP) is 6.09. The molecule has 0 aliphatic carbocycles. The summed E-state index contributed by atoms with van der Waals surface area (Å²) in [5.41, 5.74) is 0.753. The number of ether oxygens (including phenoxy) is 2. The van der Waals surface area contributed by atoms with Gasteiger partial charge in [-0.3, -0.25) is 0 Å². The molecule has 0 atom stereocenters. The van der Waals surface area contributed by atoms with Crippen LogP contribution in [0.3, 0.4) is 0 Å². The summed E-state index contributed by atoms with van der Waals surface area (Å²) in [6, 6.07) is 9.76. The van der Waals surface area contributed by atoms with E-state index >= 15 is 0 Å². The highest BCUT2D eigenvalue weighted by atomic mass is 19.4. The number of alkyl halides is 6. The van der Waals surface area contributed by atoms with E-state index in [2.05, 4.69) is 29.4 Å². The summed E-state index contributed by atoms with van der Waals surface area (Å²) in [6.07, 6.45) is -4.31.